The van der Waals surface area contributed by atoms with E-state index in [4.69, 9.17) is 5.73 Å². The van der Waals surface area contributed by atoms with Crippen molar-refractivity contribution in [3.05, 3.63) is 0 Å². The molecule has 70 valence electrons. The minimum absolute atomic E-state index is 0.202. The first-order chi connectivity index (χ1) is 5.66. The second-order valence-electron chi connectivity index (χ2n) is 2.70. The Hall–Kier alpha value is -1.06. The summed E-state index contributed by atoms with van der Waals surface area (Å²) in [5.74, 6) is -0.860. The number of nitrogens with two attached hydrogens (primary N) is 1. The van der Waals surface area contributed by atoms with Crippen molar-refractivity contribution in [3.63, 3.8) is 0 Å². The lowest BCUT2D eigenvalue weighted by atomic mass is 10.2. The Bertz CT molecular complexity index is 157. The molecule has 0 aliphatic carbocycles. The van der Waals surface area contributed by atoms with Gasteiger partial charge in [-0.3, -0.25) is 9.59 Å². The van der Waals surface area contributed by atoms with Gasteiger partial charge in [0.2, 0.25) is 11.8 Å². The van der Waals surface area contributed by atoms with Gasteiger partial charge in [-0.1, -0.05) is 19.8 Å². The minimum Gasteiger partial charge on any atom is -0.369 e. The van der Waals surface area contributed by atoms with Crippen LogP contribution in [0.5, 0.6) is 0 Å². The maximum absolute atomic E-state index is 10.8. The van der Waals surface area contributed by atoms with Crippen LogP contribution >= 0.6 is 0 Å². The number of carbonyl (C=O) groups is 2. The Balaban J connectivity index is 3.26. The van der Waals surface area contributed by atoms with Crippen LogP contribution in [-0.2, 0) is 9.59 Å². The Labute approximate surface area is 72.5 Å². The summed E-state index contributed by atoms with van der Waals surface area (Å²) in [6.07, 6.45) is 2.97. The van der Waals surface area contributed by atoms with E-state index < -0.39 is 5.91 Å². The highest BCUT2D eigenvalue weighted by Gasteiger charge is 2.03. The van der Waals surface area contributed by atoms with Gasteiger partial charge >= 0.3 is 0 Å². The van der Waals surface area contributed by atoms with Crippen molar-refractivity contribution in [2.45, 2.75) is 32.6 Å². The molecule has 0 bridgehead atoms. The molecule has 3 N–H and O–H groups in total. The second kappa shape index (κ2) is 6.64. The van der Waals surface area contributed by atoms with Gasteiger partial charge in [0.1, 0.15) is 6.42 Å². The van der Waals surface area contributed by atoms with Crippen LogP contribution in [0.25, 0.3) is 0 Å². The number of amides is 2. The van der Waals surface area contributed by atoms with E-state index in [1.165, 1.54) is 0 Å². The topological polar surface area (TPSA) is 72.2 Å². The Morgan fingerprint density at radius 3 is 2.50 bits per heavy atom. The van der Waals surface area contributed by atoms with E-state index in [0.717, 1.165) is 19.3 Å². The normalized spacial score (nSPS) is 9.42. The molecule has 4 nitrogen and oxygen atoms in total. The monoisotopic (exact) mass is 172 g/mol. The fraction of sp³-hybridized carbons (Fsp3) is 0.750. The zero-order valence-electron chi connectivity index (χ0n) is 7.43. The van der Waals surface area contributed by atoms with Gasteiger partial charge in [-0.2, -0.15) is 0 Å². The molecule has 0 radical (unpaired) electrons. The van der Waals surface area contributed by atoms with Crippen molar-refractivity contribution in [1.29, 1.82) is 0 Å². The summed E-state index contributed by atoms with van der Waals surface area (Å²) in [7, 11) is 0. The van der Waals surface area contributed by atoms with Crippen molar-refractivity contribution in [1.82, 2.24) is 5.32 Å². The first kappa shape index (κ1) is 10.9. The third-order valence-electron chi connectivity index (χ3n) is 1.44. The van der Waals surface area contributed by atoms with E-state index in [2.05, 4.69) is 12.2 Å². The molecule has 0 aromatic heterocycles. The van der Waals surface area contributed by atoms with E-state index in [9.17, 15) is 9.59 Å². The van der Waals surface area contributed by atoms with Crippen molar-refractivity contribution < 1.29 is 9.59 Å². The van der Waals surface area contributed by atoms with Gasteiger partial charge in [0.25, 0.3) is 0 Å². The fourth-order valence-corrected chi connectivity index (χ4v) is 0.824. The summed E-state index contributed by atoms with van der Waals surface area (Å²) >= 11 is 0. The van der Waals surface area contributed by atoms with Crippen molar-refractivity contribution in [3.8, 4) is 0 Å². The zero-order valence-corrected chi connectivity index (χ0v) is 7.43. The van der Waals surface area contributed by atoms with Crippen LogP contribution < -0.4 is 11.1 Å². The molecule has 0 rings (SSSR count). The van der Waals surface area contributed by atoms with Crippen molar-refractivity contribution in [2.75, 3.05) is 6.54 Å². The molecule has 0 saturated heterocycles. The molecule has 12 heavy (non-hydrogen) atoms. The lowest BCUT2D eigenvalue weighted by Crippen LogP contribution is -2.29. The zero-order chi connectivity index (χ0) is 9.40. The molecule has 0 aromatic carbocycles. The third-order valence-corrected chi connectivity index (χ3v) is 1.44. The summed E-state index contributed by atoms with van der Waals surface area (Å²) in [6.45, 7) is 2.73. The summed E-state index contributed by atoms with van der Waals surface area (Å²) in [5, 5.41) is 2.61. The van der Waals surface area contributed by atoms with Gasteiger partial charge in [0, 0.05) is 6.54 Å². The number of primary amides is 1. The van der Waals surface area contributed by atoms with E-state index in [1.54, 1.807) is 0 Å². The molecule has 4 heteroatoms. The van der Waals surface area contributed by atoms with Crippen LogP contribution in [0.2, 0.25) is 0 Å². The van der Waals surface area contributed by atoms with Gasteiger partial charge in [0.15, 0.2) is 0 Å². The molecular weight excluding hydrogens is 156 g/mol. The molecule has 0 unspecified atom stereocenters. The second-order valence-corrected chi connectivity index (χ2v) is 2.70. The molecule has 0 aromatic rings. The summed E-state index contributed by atoms with van der Waals surface area (Å²) in [6, 6.07) is 0. The van der Waals surface area contributed by atoms with Crippen LogP contribution in [0, 0.1) is 0 Å². The molecular formula is C8H16N2O2. The van der Waals surface area contributed by atoms with Crippen molar-refractivity contribution in [2.24, 2.45) is 5.73 Å². The lowest BCUT2D eigenvalue weighted by Gasteiger charge is -2.01. The summed E-state index contributed by atoms with van der Waals surface area (Å²) < 4.78 is 0. The summed E-state index contributed by atoms with van der Waals surface area (Å²) in [5.41, 5.74) is 4.82. The number of hydrogen-bond acceptors (Lipinski definition) is 2. The van der Waals surface area contributed by atoms with Crippen LogP contribution in [0.15, 0.2) is 0 Å². The van der Waals surface area contributed by atoms with Crippen molar-refractivity contribution >= 4 is 11.8 Å². The minimum atomic E-state index is -0.581. The quantitative estimate of drug-likeness (QED) is 0.442. The molecule has 0 heterocycles. The Morgan fingerprint density at radius 2 is 2.00 bits per heavy atom. The Kier molecular flexibility index (Phi) is 6.05. The highest BCUT2D eigenvalue weighted by atomic mass is 16.2. The van der Waals surface area contributed by atoms with E-state index in [0.29, 0.717) is 6.54 Å². The predicted octanol–water partition coefficient (Wildman–Crippen LogP) is 0.168. The summed E-state index contributed by atoms with van der Waals surface area (Å²) in [4.78, 5) is 21.1. The predicted molar refractivity (Wildman–Crippen MR) is 46.3 cm³/mol. The maximum atomic E-state index is 10.8. The molecule has 0 atom stereocenters. The van der Waals surface area contributed by atoms with Gasteiger partial charge in [-0.15, -0.1) is 0 Å². The molecule has 0 aliphatic heterocycles. The van der Waals surface area contributed by atoms with Gasteiger partial charge in [-0.25, -0.2) is 0 Å². The number of hydrogen-bond donors (Lipinski definition) is 2. The maximum Gasteiger partial charge on any atom is 0.229 e. The van der Waals surface area contributed by atoms with Crippen LogP contribution in [-0.4, -0.2) is 18.4 Å². The van der Waals surface area contributed by atoms with E-state index in [-0.39, 0.29) is 12.3 Å². The third kappa shape index (κ3) is 7.05. The molecule has 0 fully saturated rings. The standard InChI is InChI=1S/C8H16N2O2/c1-2-3-4-5-10-8(12)6-7(9)11/h2-6H2,1H3,(H2,9,11)(H,10,12). The highest BCUT2D eigenvalue weighted by Crippen LogP contribution is 1.91. The fourth-order valence-electron chi connectivity index (χ4n) is 0.824. The van der Waals surface area contributed by atoms with Gasteiger partial charge < -0.3 is 11.1 Å². The molecule has 0 spiro atoms. The largest absolute Gasteiger partial charge is 0.369 e. The van der Waals surface area contributed by atoms with Crippen LogP contribution in [0.3, 0.4) is 0 Å². The number of unbranched alkanes of at least 4 members (excludes halogenated alkanes) is 2. The van der Waals surface area contributed by atoms with Crippen LogP contribution in [0.4, 0.5) is 0 Å². The molecule has 0 aliphatic rings. The number of rotatable bonds is 6. The SMILES string of the molecule is CCCCCNC(=O)CC(N)=O. The smallest absolute Gasteiger partial charge is 0.229 e. The average Bonchev–Trinajstić information content (AvgIpc) is 1.97. The Morgan fingerprint density at radius 1 is 1.33 bits per heavy atom. The highest BCUT2D eigenvalue weighted by molar-refractivity contribution is 5.95. The lowest BCUT2D eigenvalue weighted by molar-refractivity contribution is -0.127. The van der Waals surface area contributed by atoms with E-state index >= 15 is 0 Å². The van der Waals surface area contributed by atoms with Crippen LogP contribution in [0.1, 0.15) is 32.6 Å². The first-order valence-corrected chi connectivity index (χ1v) is 4.21. The number of carbonyl (C=O) groups excluding carboxylic acids is 2. The molecule has 2 amide bonds. The van der Waals surface area contributed by atoms with E-state index in [1.807, 2.05) is 0 Å². The number of nitrogens with one attached hydrogen (secondary N) is 1. The van der Waals surface area contributed by atoms with Gasteiger partial charge in [0.05, 0.1) is 0 Å². The van der Waals surface area contributed by atoms with Gasteiger partial charge in [-0.05, 0) is 6.42 Å². The molecule has 0 saturated carbocycles. The average molecular weight is 172 g/mol. The first-order valence-electron chi connectivity index (χ1n) is 4.21.